The summed E-state index contributed by atoms with van der Waals surface area (Å²) in [5.74, 6) is 4.25. The number of piperazine rings is 1. The number of rotatable bonds is 8. The largest absolute Gasteiger partial charge is 0.477 e. The lowest BCUT2D eigenvalue weighted by Crippen LogP contribution is -2.55. The first-order chi connectivity index (χ1) is 17.1. The lowest BCUT2D eigenvalue weighted by molar-refractivity contribution is -0.132. The molecular weight excluding hydrogens is 442 g/mol. The Labute approximate surface area is 208 Å². The van der Waals surface area contributed by atoms with Crippen molar-refractivity contribution in [2.45, 2.75) is 76.8 Å². The monoisotopic (exact) mass is 483 g/mol. The molecule has 6 aliphatic rings. The van der Waals surface area contributed by atoms with Crippen LogP contribution in [0.25, 0.3) is 0 Å². The first kappa shape index (κ1) is 23.3. The molecule has 0 unspecified atom stereocenters. The molecule has 8 heteroatoms. The van der Waals surface area contributed by atoms with Crippen molar-refractivity contribution in [3.05, 3.63) is 11.8 Å². The van der Waals surface area contributed by atoms with Crippen LogP contribution in [-0.2, 0) is 11.3 Å². The molecule has 8 nitrogen and oxygen atoms in total. The van der Waals surface area contributed by atoms with Gasteiger partial charge in [-0.25, -0.2) is 4.68 Å². The normalized spacial score (nSPS) is 32.7. The fourth-order valence-corrected chi connectivity index (χ4v) is 7.88. The molecule has 2 heterocycles. The first-order valence-corrected chi connectivity index (χ1v) is 14.1. The van der Waals surface area contributed by atoms with Gasteiger partial charge in [-0.1, -0.05) is 19.3 Å². The molecule has 1 saturated heterocycles. The van der Waals surface area contributed by atoms with Crippen LogP contribution in [-0.4, -0.2) is 65.3 Å². The number of hydrogen-bond acceptors (Lipinski definition) is 5. The number of carbonyl (C=O) groups excluding carboxylic acids is 2. The van der Waals surface area contributed by atoms with Crippen LogP contribution >= 0.6 is 0 Å². The van der Waals surface area contributed by atoms with E-state index < -0.39 is 0 Å². The van der Waals surface area contributed by atoms with E-state index >= 15 is 0 Å². The van der Waals surface area contributed by atoms with E-state index in [-0.39, 0.29) is 11.8 Å². The van der Waals surface area contributed by atoms with Crippen molar-refractivity contribution in [3.63, 3.8) is 0 Å². The van der Waals surface area contributed by atoms with E-state index in [4.69, 9.17) is 4.74 Å². The van der Waals surface area contributed by atoms with Gasteiger partial charge in [0.15, 0.2) is 0 Å². The third-order valence-electron chi connectivity index (χ3n) is 9.51. The smallest absolute Gasteiger partial charge is 0.258 e. The van der Waals surface area contributed by atoms with Crippen molar-refractivity contribution in [2.75, 3.05) is 32.8 Å². The number of carbonyl (C=O) groups is 2. The predicted molar refractivity (Wildman–Crippen MR) is 132 cm³/mol. The molecule has 4 bridgehead atoms. The summed E-state index contributed by atoms with van der Waals surface area (Å²) < 4.78 is 8.18. The molecule has 0 atom stereocenters. The van der Waals surface area contributed by atoms with E-state index in [1.807, 2.05) is 9.58 Å². The highest BCUT2D eigenvalue weighted by molar-refractivity contribution is 5.96. The van der Waals surface area contributed by atoms with Gasteiger partial charge < -0.3 is 20.3 Å². The highest BCUT2D eigenvalue weighted by atomic mass is 16.5. The summed E-state index contributed by atoms with van der Waals surface area (Å²) >= 11 is 0. The first-order valence-electron chi connectivity index (χ1n) is 14.1. The second-order valence-corrected chi connectivity index (χ2v) is 11.9. The van der Waals surface area contributed by atoms with Gasteiger partial charge in [-0.15, -0.1) is 0 Å². The topological polar surface area (TPSA) is 88.5 Å². The standard InChI is InChI=1S/C27H41N5O3/c33-24-16-28-6-7-31(24)8-9-32-27(35-17-18-4-2-1-3-5-18)23(15-29-32)26(34)30-25-21-11-19-10-20(13-21)14-22(25)12-19/h15,18-22,25,28H,1-14,16-17H2,(H,30,34). The minimum Gasteiger partial charge on any atom is -0.477 e. The Morgan fingerprint density at radius 1 is 1.06 bits per heavy atom. The summed E-state index contributed by atoms with van der Waals surface area (Å²) in [6, 6.07) is 0.295. The molecule has 35 heavy (non-hydrogen) atoms. The molecular formula is C27H41N5O3. The number of amides is 2. The summed E-state index contributed by atoms with van der Waals surface area (Å²) in [5, 5.41) is 11.1. The second-order valence-electron chi connectivity index (χ2n) is 11.9. The van der Waals surface area contributed by atoms with Gasteiger partial charge in [-0.2, -0.15) is 5.10 Å². The maximum atomic E-state index is 13.6. The fourth-order valence-electron chi connectivity index (χ4n) is 7.88. The molecule has 6 fully saturated rings. The highest BCUT2D eigenvalue weighted by Crippen LogP contribution is 2.53. The van der Waals surface area contributed by atoms with Crippen molar-refractivity contribution in [3.8, 4) is 5.88 Å². The summed E-state index contributed by atoms with van der Waals surface area (Å²) in [5.41, 5.74) is 0.557. The van der Waals surface area contributed by atoms with Crippen molar-refractivity contribution >= 4 is 11.8 Å². The third-order valence-corrected chi connectivity index (χ3v) is 9.51. The van der Waals surface area contributed by atoms with E-state index in [1.165, 1.54) is 64.2 Å². The lowest BCUT2D eigenvalue weighted by atomic mass is 9.54. The van der Waals surface area contributed by atoms with Crippen LogP contribution in [0.4, 0.5) is 0 Å². The molecule has 1 aromatic rings. The van der Waals surface area contributed by atoms with Crippen molar-refractivity contribution in [2.24, 2.45) is 29.6 Å². The van der Waals surface area contributed by atoms with E-state index in [1.54, 1.807) is 6.20 Å². The molecule has 2 amide bonds. The van der Waals surface area contributed by atoms with Crippen molar-refractivity contribution < 1.29 is 14.3 Å². The second kappa shape index (κ2) is 10.1. The van der Waals surface area contributed by atoms with Crippen LogP contribution in [0.1, 0.15) is 74.6 Å². The minimum atomic E-state index is -0.0365. The Morgan fingerprint density at radius 3 is 2.51 bits per heavy atom. The number of nitrogens with one attached hydrogen (secondary N) is 2. The average Bonchev–Trinajstić information content (AvgIpc) is 3.27. The van der Waals surface area contributed by atoms with Crippen molar-refractivity contribution in [1.29, 1.82) is 0 Å². The zero-order chi connectivity index (χ0) is 23.8. The summed E-state index contributed by atoms with van der Waals surface area (Å²) in [6.45, 7) is 3.67. The molecule has 0 spiro atoms. The van der Waals surface area contributed by atoms with Gasteiger partial charge >= 0.3 is 0 Å². The van der Waals surface area contributed by atoms with Gasteiger partial charge in [0.05, 0.1) is 25.9 Å². The molecule has 1 aliphatic heterocycles. The Balaban J connectivity index is 1.16. The predicted octanol–water partition coefficient (Wildman–Crippen LogP) is 2.83. The van der Waals surface area contributed by atoms with Gasteiger partial charge in [0.2, 0.25) is 11.8 Å². The Hall–Kier alpha value is -2.09. The zero-order valence-electron chi connectivity index (χ0n) is 20.9. The molecule has 5 saturated carbocycles. The maximum absolute atomic E-state index is 13.6. The van der Waals surface area contributed by atoms with E-state index in [0.29, 0.717) is 68.0 Å². The molecule has 0 radical (unpaired) electrons. The van der Waals surface area contributed by atoms with Crippen LogP contribution < -0.4 is 15.4 Å². The summed E-state index contributed by atoms with van der Waals surface area (Å²) in [4.78, 5) is 27.7. The van der Waals surface area contributed by atoms with Crippen LogP contribution in [0, 0.1) is 29.6 Å². The van der Waals surface area contributed by atoms with Crippen LogP contribution in [0.5, 0.6) is 5.88 Å². The quantitative estimate of drug-likeness (QED) is 0.594. The number of nitrogens with zero attached hydrogens (tertiary/aromatic N) is 3. The minimum absolute atomic E-state index is 0.0365. The number of hydrogen-bond donors (Lipinski definition) is 2. The molecule has 2 N–H and O–H groups in total. The van der Waals surface area contributed by atoms with E-state index in [0.717, 1.165) is 18.4 Å². The zero-order valence-corrected chi connectivity index (χ0v) is 20.9. The van der Waals surface area contributed by atoms with Crippen LogP contribution in [0.2, 0.25) is 0 Å². The van der Waals surface area contributed by atoms with Gasteiger partial charge in [0, 0.05) is 25.7 Å². The molecule has 1 aromatic heterocycles. The van der Waals surface area contributed by atoms with Crippen LogP contribution in [0.3, 0.4) is 0 Å². The lowest BCUT2D eigenvalue weighted by Gasteiger charge is -2.54. The van der Waals surface area contributed by atoms with Gasteiger partial charge in [-0.05, 0) is 74.5 Å². The van der Waals surface area contributed by atoms with E-state index in [9.17, 15) is 9.59 Å². The van der Waals surface area contributed by atoms with Gasteiger partial charge in [0.1, 0.15) is 5.56 Å². The summed E-state index contributed by atoms with van der Waals surface area (Å²) in [7, 11) is 0. The average molecular weight is 484 g/mol. The maximum Gasteiger partial charge on any atom is 0.258 e. The Kier molecular flexibility index (Phi) is 6.74. The molecule has 7 rings (SSSR count). The van der Waals surface area contributed by atoms with Crippen LogP contribution in [0.15, 0.2) is 6.20 Å². The van der Waals surface area contributed by atoms with Gasteiger partial charge in [0.25, 0.3) is 5.91 Å². The van der Waals surface area contributed by atoms with Gasteiger partial charge in [-0.3, -0.25) is 9.59 Å². The molecule has 192 valence electrons. The third kappa shape index (κ3) is 4.95. The molecule has 5 aliphatic carbocycles. The molecule has 0 aromatic carbocycles. The number of aromatic nitrogens is 2. The fraction of sp³-hybridized carbons (Fsp3) is 0.815. The van der Waals surface area contributed by atoms with Crippen molar-refractivity contribution in [1.82, 2.24) is 25.3 Å². The Morgan fingerprint density at radius 2 is 1.80 bits per heavy atom. The highest BCUT2D eigenvalue weighted by Gasteiger charge is 2.48. The number of ether oxygens (including phenoxy) is 1. The SMILES string of the molecule is O=C(NC1C2CC3CC(C2)CC1C3)c1cnn(CCN2CCNCC2=O)c1OCC1CCCCC1. The van der Waals surface area contributed by atoms with E-state index in [2.05, 4.69) is 15.7 Å². The Bertz CT molecular complexity index is 896. The summed E-state index contributed by atoms with van der Waals surface area (Å²) in [6.07, 6.45) is 14.4.